The summed E-state index contributed by atoms with van der Waals surface area (Å²) in [6.45, 7) is 8.96. The van der Waals surface area contributed by atoms with Crippen LogP contribution in [0.1, 0.15) is 37.9 Å². The lowest BCUT2D eigenvalue weighted by Gasteiger charge is -2.14. The number of hydrogen-bond donors (Lipinski definition) is 1. The molecule has 0 aliphatic carbocycles. The lowest BCUT2D eigenvalue weighted by atomic mass is 10.1. The summed E-state index contributed by atoms with van der Waals surface area (Å²) in [5.74, 6) is 0.934. The first-order chi connectivity index (χ1) is 9.72. The monoisotopic (exact) mass is 272 g/mol. The molecule has 2 rings (SSSR count). The van der Waals surface area contributed by atoms with Crippen LogP contribution in [0.2, 0.25) is 0 Å². The van der Waals surface area contributed by atoms with Crippen molar-refractivity contribution in [2.45, 2.75) is 39.9 Å². The fourth-order valence-electron chi connectivity index (χ4n) is 2.20. The summed E-state index contributed by atoms with van der Waals surface area (Å²) >= 11 is 0. The predicted molar refractivity (Wildman–Crippen MR) is 83.0 cm³/mol. The molecule has 1 unspecified atom stereocenters. The van der Waals surface area contributed by atoms with Crippen molar-refractivity contribution in [1.29, 1.82) is 0 Å². The third kappa shape index (κ3) is 3.87. The van der Waals surface area contributed by atoms with Gasteiger partial charge in [-0.25, -0.2) is 0 Å². The molecule has 1 aromatic carbocycles. The van der Waals surface area contributed by atoms with Gasteiger partial charge >= 0.3 is 0 Å². The number of aromatic nitrogens is 1. The molecule has 1 N–H and O–H groups in total. The van der Waals surface area contributed by atoms with Gasteiger partial charge in [-0.05, 0) is 50.1 Å². The number of benzene rings is 1. The highest BCUT2D eigenvalue weighted by molar-refractivity contribution is 5.29. The Balaban J connectivity index is 1.89. The van der Waals surface area contributed by atoms with Crippen LogP contribution in [0.25, 0.3) is 0 Å². The van der Waals surface area contributed by atoms with E-state index < -0.39 is 0 Å². The average molecular weight is 272 g/mol. The minimum Gasteiger partial charge on any atom is -0.494 e. The van der Waals surface area contributed by atoms with Crippen LogP contribution < -0.4 is 10.1 Å². The van der Waals surface area contributed by atoms with Crippen molar-refractivity contribution in [3.05, 3.63) is 53.9 Å². The van der Waals surface area contributed by atoms with Gasteiger partial charge < -0.3 is 14.6 Å². The van der Waals surface area contributed by atoms with Gasteiger partial charge in [-0.2, -0.15) is 0 Å². The molecule has 3 nitrogen and oxygen atoms in total. The highest BCUT2D eigenvalue weighted by Gasteiger charge is 2.05. The van der Waals surface area contributed by atoms with Gasteiger partial charge in [-0.3, -0.25) is 0 Å². The first-order valence-electron chi connectivity index (χ1n) is 7.33. The van der Waals surface area contributed by atoms with Gasteiger partial charge in [0.15, 0.2) is 0 Å². The molecular formula is C17H24N2O. The van der Waals surface area contributed by atoms with E-state index in [0.29, 0.717) is 12.6 Å². The molecule has 0 saturated heterocycles. The summed E-state index contributed by atoms with van der Waals surface area (Å²) < 4.78 is 7.65. The molecule has 0 radical (unpaired) electrons. The van der Waals surface area contributed by atoms with E-state index in [2.05, 4.69) is 54.3 Å². The minimum absolute atomic E-state index is 0.329. The Kier molecular flexibility index (Phi) is 5.24. The van der Waals surface area contributed by atoms with E-state index in [4.69, 9.17) is 4.74 Å². The summed E-state index contributed by atoms with van der Waals surface area (Å²) in [4.78, 5) is 0. The number of ether oxygens (including phenoxy) is 1. The second-order valence-electron chi connectivity index (χ2n) is 4.95. The lowest BCUT2D eigenvalue weighted by molar-refractivity contribution is 0.340. The molecule has 0 fully saturated rings. The highest BCUT2D eigenvalue weighted by atomic mass is 16.5. The fourth-order valence-corrected chi connectivity index (χ4v) is 2.20. The molecule has 1 aromatic heterocycles. The van der Waals surface area contributed by atoms with E-state index >= 15 is 0 Å². The van der Waals surface area contributed by atoms with Gasteiger partial charge in [0.05, 0.1) is 6.61 Å². The first-order valence-corrected chi connectivity index (χ1v) is 7.33. The number of nitrogens with zero attached hydrogens (tertiary/aromatic N) is 1. The van der Waals surface area contributed by atoms with E-state index in [0.717, 1.165) is 18.8 Å². The number of aryl methyl sites for hydroxylation is 1. The smallest absolute Gasteiger partial charge is 0.119 e. The molecule has 1 atom stereocenters. The number of rotatable bonds is 7. The van der Waals surface area contributed by atoms with Crippen molar-refractivity contribution in [2.24, 2.45) is 0 Å². The van der Waals surface area contributed by atoms with Crippen LogP contribution in [0.3, 0.4) is 0 Å². The normalized spacial score (nSPS) is 12.3. The van der Waals surface area contributed by atoms with E-state index in [1.54, 1.807) is 0 Å². The molecule has 0 saturated carbocycles. The molecule has 0 bridgehead atoms. The van der Waals surface area contributed by atoms with Crippen molar-refractivity contribution in [2.75, 3.05) is 6.61 Å². The largest absolute Gasteiger partial charge is 0.494 e. The second kappa shape index (κ2) is 7.15. The molecule has 2 aromatic rings. The Morgan fingerprint density at radius 3 is 2.50 bits per heavy atom. The van der Waals surface area contributed by atoms with Crippen LogP contribution in [0.4, 0.5) is 0 Å². The standard InChI is InChI=1S/C17H24N2O/c1-4-19-11-10-15(13-19)12-18-14(3)16-6-8-17(9-7-16)20-5-2/h6-11,13-14,18H,4-5,12H2,1-3H3. The molecule has 0 aliphatic rings. The molecule has 0 amide bonds. The SMILES string of the molecule is CCOc1ccc(C(C)NCc2ccn(CC)c2)cc1. The number of hydrogen-bond acceptors (Lipinski definition) is 2. The maximum atomic E-state index is 5.46. The minimum atomic E-state index is 0.329. The van der Waals surface area contributed by atoms with Crippen LogP contribution in [-0.2, 0) is 13.1 Å². The summed E-state index contributed by atoms with van der Waals surface area (Å²) in [6.07, 6.45) is 4.32. The third-order valence-corrected chi connectivity index (χ3v) is 3.48. The van der Waals surface area contributed by atoms with Crippen molar-refractivity contribution in [3.63, 3.8) is 0 Å². The second-order valence-corrected chi connectivity index (χ2v) is 4.95. The summed E-state index contributed by atoms with van der Waals surface area (Å²) in [5.41, 5.74) is 2.60. The lowest BCUT2D eigenvalue weighted by Crippen LogP contribution is -2.17. The van der Waals surface area contributed by atoms with Crippen LogP contribution >= 0.6 is 0 Å². The highest BCUT2D eigenvalue weighted by Crippen LogP contribution is 2.18. The first kappa shape index (κ1) is 14.7. The Labute approximate surface area is 121 Å². The zero-order chi connectivity index (χ0) is 14.4. The Morgan fingerprint density at radius 2 is 1.90 bits per heavy atom. The van der Waals surface area contributed by atoms with E-state index in [1.165, 1.54) is 11.1 Å². The molecule has 0 aliphatic heterocycles. The molecule has 3 heteroatoms. The van der Waals surface area contributed by atoms with Crippen LogP contribution in [0.5, 0.6) is 5.75 Å². The van der Waals surface area contributed by atoms with Gasteiger partial charge in [0.2, 0.25) is 0 Å². The van der Waals surface area contributed by atoms with Gasteiger partial charge in [0, 0.05) is 31.5 Å². The average Bonchev–Trinajstić information content (AvgIpc) is 2.94. The molecule has 0 spiro atoms. The molecule has 108 valence electrons. The quantitative estimate of drug-likeness (QED) is 0.830. The van der Waals surface area contributed by atoms with Crippen LogP contribution in [0, 0.1) is 0 Å². The van der Waals surface area contributed by atoms with Gasteiger partial charge in [-0.1, -0.05) is 12.1 Å². The number of nitrogens with one attached hydrogen (secondary N) is 1. The zero-order valence-corrected chi connectivity index (χ0v) is 12.6. The van der Waals surface area contributed by atoms with Crippen LogP contribution in [-0.4, -0.2) is 11.2 Å². The van der Waals surface area contributed by atoms with E-state index in [1.807, 2.05) is 19.1 Å². The topological polar surface area (TPSA) is 26.2 Å². The van der Waals surface area contributed by atoms with Crippen molar-refractivity contribution in [3.8, 4) is 5.75 Å². The Hall–Kier alpha value is -1.74. The van der Waals surface area contributed by atoms with E-state index in [9.17, 15) is 0 Å². The third-order valence-electron chi connectivity index (χ3n) is 3.48. The van der Waals surface area contributed by atoms with Crippen molar-refractivity contribution >= 4 is 0 Å². The zero-order valence-electron chi connectivity index (χ0n) is 12.6. The predicted octanol–water partition coefficient (Wildman–Crippen LogP) is 3.76. The van der Waals surface area contributed by atoms with Gasteiger partial charge in [0.1, 0.15) is 5.75 Å². The Morgan fingerprint density at radius 1 is 1.15 bits per heavy atom. The molecule has 20 heavy (non-hydrogen) atoms. The summed E-state index contributed by atoms with van der Waals surface area (Å²) in [5, 5.41) is 3.55. The van der Waals surface area contributed by atoms with Crippen molar-refractivity contribution < 1.29 is 4.74 Å². The van der Waals surface area contributed by atoms with Crippen LogP contribution in [0.15, 0.2) is 42.7 Å². The van der Waals surface area contributed by atoms with Crippen molar-refractivity contribution in [1.82, 2.24) is 9.88 Å². The summed E-state index contributed by atoms with van der Waals surface area (Å²) in [6, 6.07) is 10.8. The van der Waals surface area contributed by atoms with Gasteiger partial charge in [-0.15, -0.1) is 0 Å². The molecular weight excluding hydrogens is 248 g/mol. The summed E-state index contributed by atoms with van der Waals surface area (Å²) in [7, 11) is 0. The maximum Gasteiger partial charge on any atom is 0.119 e. The van der Waals surface area contributed by atoms with Gasteiger partial charge in [0.25, 0.3) is 0 Å². The fraction of sp³-hybridized carbons (Fsp3) is 0.412. The van der Waals surface area contributed by atoms with E-state index in [-0.39, 0.29) is 0 Å². The Bertz CT molecular complexity index is 516. The maximum absolute atomic E-state index is 5.46. The molecule has 1 heterocycles.